The van der Waals surface area contributed by atoms with Gasteiger partial charge in [0.05, 0.1) is 5.25 Å². The summed E-state index contributed by atoms with van der Waals surface area (Å²) < 4.78 is 27.0. The lowest BCUT2D eigenvalue weighted by Crippen LogP contribution is -2.39. The van der Waals surface area contributed by atoms with E-state index in [0.29, 0.717) is 6.42 Å². The maximum absolute atomic E-state index is 12.1. The van der Waals surface area contributed by atoms with E-state index in [1.54, 1.807) is 20.9 Å². The molecule has 26 heavy (non-hydrogen) atoms. The summed E-state index contributed by atoms with van der Waals surface area (Å²) >= 11 is 0. The molecular formula is C20H24N2O3S. The molecule has 138 valence electrons. The highest BCUT2D eigenvalue weighted by Gasteiger charge is 2.27. The van der Waals surface area contributed by atoms with E-state index in [1.165, 1.54) is 16.0 Å². The predicted molar refractivity (Wildman–Crippen MR) is 105 cm³/mol. The van der Waals surface area contributed by atoms with Crippen molar-refractivity contribution in [1.82, 2.24) is 4.72 Å². The monoisotopic (exact) mass is 372 g/mol. The van der Waals surface area contributed by atoms with E-state index >= 15 is 0 Å². The van der Waals surface area contributed by atoms with Crippen molar-refractivity contribution in [3.8, 4) is 11.1 Å². The minimum Gasteiger partial charge on any atom is -0.318 e. The van der Waals surface area contributed by atoms with E-state index in [4.69, 9.17) is 0 Å². The summed E-state index contributed by atoms with van der Waals surface area (Å²) in [7, 11) is -1.55. The Hall–Kier alpha value is -2.18. The fourth-order valence-corrected chi connectivity index (χ4v) is 4.12. The van der Waals surface area contributed by atoms with Crippen LogP contribution in [0, 0.1) is 0 Å². The molecule has 0 saturated carbocycles. The van der Waals surface area contributed by atoms with Gasteiger partial charge in [0.2, 0.25) is 16.4 Å². The molecule has 0 radical (unpaired) electrons. The SMILES string of the molecule is CC(C)S(=O)(=O)NC1Cc2ccc(-c3cccc(N(C)C=O)c3)cc2C1. The van der Waals surface area contributed by atoms with E-state index < -0.39 is 15.3 Å². The van der Waals surface area contributed by atoms with Crippen LogP contribution < -0.4 is 9.62 Å². The molecule has 1 aliphatic rings. The number of benzene rings is 2. The number of anilines is 1. The number of nitrogens with one attached hydrogen (secondary N) is 1. The van der Waals surface area contributed by atoms with E-state index in [9.17, 15) is 13.2 Å². The fourth-order valence-electron chi connectivity index (χ4n) is 3.22. The Morgan fingerprint density at radius 3 is 2.46 bits per heavy atom. The van der Waals surface area contributed by atoms with Gasteiger partial charge in [-0.15, -0.1) is 0 Å². The topological polar surface area (TPSA) is 66.5 Å². The molecule has 0 fully saturated rings. The highest BCUT2D eigenvalue weighted by Crippen LogP contribution is 2.30. The normalized spacial score (nSPS) is 16.5. The Morgan fingerprint density at radius 2 is 1.77 bits per heavy atom. The molecule has 0 spiro atoms. The van der Waals surface area contributed by atoms with E-state index in [1.807, 2.05) is 24.3 Å². The molecule has 0 bridgehead atoms. The van der Waals surface area contributed by atoms with Crippen molar-refractivity contribution in [2.75, 3.05) is 11.9 Å². The minimum atomic E-state index is -3.27. The molecule has 5 nitrogen and oxygen atoms in total. The first-order valence-electron chi connectivity index (χ1n) is 8.71. The molecule has 0 aliphatic heterocycles. The molecule has 0 heterocycles. The molecule has 2 aromatic carbocycles. The number of carbonyl (C=O) groups is 1. The Balaban J connectivity index is 1.82. The summed E-state index contributed by atoms with van der Waals surface area (Å²) in [4.78, 5) is 12.5. The van der Waals surface area contributed by atoms with Crippen molar-refractivity contribution in [2.45, 2.75) is 38.0 Å². The van der Waals surface area contributed by atoms with Gasteiger partial charge in [-0.1, -0.05) is 30.3 Å². The van der Waals surface area contributed by atoms with Gasteiger partial charge in [-0.05, 0) is 61.1 Å². The number of amides is 1. The van der Waals surface area contributed by atoms with Gasteiger partial charge >= 0.3 is 0 Å². The van der Waals surface area contributed by atoms with Crippen LogP contribution in [0.5, 0.6) is 0 Å². The number of hydrogen-bond donors (Lipinski definition) is 1. The molecule has 1 atom stereocenters. The predicted octanol–water partition coefficient (Wildman–Crippen LogP) is 2.74. The Bertz CT molecular complexity index is 922. The van der Waals surface area contributed by atoms with Gasteiger partial charge in [0.1, 0.15) is 0 Å². The Morgan fingerprint density at radius 1 is 1.08 bits per heavy atom. The Kier molecular flexibility index (Phi) is 5.16. The van der Waals surface area contributed by atoms with Crippen LogP contribution in [0.2, 0.25) is 0 Å². The van der Waals surface area contributed by atoms with Gasteiger partial charge in [0.25, 0.3) is 0 Å². The minimum absolute atomic E-state index is 0.0832. The first kappa shape index (κ1) is 18.6. The van der Waals surface area contributed by atoms with Crippen molar-refractivity contribution < 1.29 is 13.2 Å². The van der Waals surface area contributed by atoms with Gasteiger partial charge < -0.3 is 4.90 Å². The maximum Gasteiger partial charge on any atom is 0.214 e. The van der Waals surface area contributed by atoms with Crippen molar-refractivity contribution in [3.05, 3.63) is 53.6 Å². The number of sulfonamides is 1. The van der Waals surface area contributed by atoms with E-state index in [2.05, 4.69) is 22.9 Å². The first-order chi connectivity index (χ1) is 12.3. The van der Waals surface area contributed by atoms with Crippen molar-refractivity contribution >= 4 is 22.1 Å². The molecule has 3 rings (SSSR count). The highest BCUT2D eigenvalue weighted by molar-refractivity contribution is 7.90. The molecule has 1 aliphatic carbocycles. The van der Waals surface area contributed by atoms with Gasteiger partial charge in [-0.2, -0.15) is 0 Å². The lowest BCUT2D eigenvalue weighted by Gasteiger charge is -2.14. The summed E-state index contributed by atoms with van der Waals surface area (Å²) in [5.74, 6) is 0. The number of fused-ring (bicyclic) bond motifs is 1. The van der Waals surface area contributed by atoms with Crippen LogP contribution in [0.15, 0.2) is 42.5 Å². The average molecular weight is 372 g/mol. The van der Waals surface area contributed by atoms with Crippen LogP contribution in [0.4, 0.5) is 5.69 Å². The van der Waals surface area contributed by atoms with E-state index in [0.717, 1.165) is 29.6 Å². The lowest BCUT2D eigenvalue weighted by atomic mass is 10.00. The molecule has 0 aromatic heterocycles. The first-order valence-corrected chi connectivity index (χ1v) is 10.3. The smallest absolute Gasteiger partial charge is 0.214 e. The van der Waals surface area contributed by atoms with Crippen LogP contribution in [0.1, 0.15) is 25.0 Å². The number of nitrogens with zero attached hydrogens (tertiary/aromatic N) is 1. The quantitative estimate of drug-likeness (QED) is 0.793. The molecular weight excluding hydrogens is 348 g/mol. The molecule has 1 N–H and O–H groups in total. The van der Waals surface area contributed by atoms with Crippen molar-refractivity contribution in [2.24, 2.45) is 0 Å². The fraction of sp³-hybridized carbons (Fsp3) is 0.350. The summed E-state index contributed by atoms with van der Waals surface area (Å²) in [5.41, 5.74) is 5.29. The third-order valence-electron chi connectivity index (χ3n) is 4.84. The zero-order chi connectivity index (χ0) is 18.9. The summed E-state index contributed by atoms with van der Waals surface area (Å²) in [6, 6.07) is 14.0. The average Bonchev–Trinajstić information content (AvgIpc) is 3.01. The van der Waals surface area contributed by atoms with Crippen LogP contribution in [0.25, 0.3) is 11.1 Å². The maximum atomic E-state index is 12.1. The van der Waals surface area contributed by atoms with Crippen LogP contribution in [-0.4, -0.2) is 33.2 Å². The lowest BCUT2D eigenvalue weighted by molar-refractivity contribution is -0.107. The molecule has 1 unspecified atom stereocenters. The second-order valence-corrected chi connectivity index (χ2v) is 9.34. The third kappa shape index (κ3) is 3.81. The molecule has 1 amide bonds. The van der Waals surface area contributed by atoms with E-state index in [-0.39, 0.29) is 6.04 Å². The van der Waals surface area contributed by atoms with Crippen molar-refractivity contribution in [1.29, 1.82) is 0 Å². The van der Waals surface area contributed by atoms with Gasteiger partial charge in [-0.3, -0.25) is 4.79 Å². The third-order valence-corrected chi connectivity index (χ3v) is 6.74. The standard InChI is InChI=1S/C20H24N2O3S/c1-14(2)26(24,25)21-19-10-17-8-7-16(9-18(17)11-19)15-5-4-6-20(12-15)22(3)13-23/h4-9,12-14,19,21H,10-11H2,1-3H3. The van der Waals surface area contributed by atoms with Gasteiger partial charge in [-0.25, -0.2) is 13.1 Å². The van der Waals surface area contributed by atoms with Crippen LogP contribution in [0.3, 0.4) is 0 Å². The molecule has 2 aromatic rings. The molecule has 0 saturated heterocycles. The summed E-state index contributed by atoms with van der Waals surface area (Å²) in [5, 5.41) is -0.431. The Labute approximate surface area is 155 Å². The number of hydrogen-bond acceptors (Lipinski definition) is 3. The summed E-state index contributed by atoms with van der Waals surface area (Å²) in [6.07, 6.45) is 2.20. The van der Waals surface area contributed by atoms with Crippen LogP contribution >= 0.6 is 0 Å². The zero-order valence-electron chi connectivity index (χ0n) is 15.3. The number of rotatable bonds is 6. The largest absolute Gasteiger partial charge is 0.318 e. The van der Waals surface area contributed by atoms with Gasteiger partial charge in [0.15, 0.2) is 0 Å². The van der Waals surface area contributed by atoms with Crippen molar-refractivity contribution in [3.63, 3.8) is 0 Å². The molecule has 6 heteroatoms. The number of carbonyl (C=O) groups excluding carboxylic acids is 1. The second kappa shape index (κ2) is 7.21. The van der Waals surface area contributed by atoms with Crippen LogP contribution in [-0.2, 0) is 27.7 Å². The second-order valence-electron chi connectivity index (χ2n) is 7.07. The van der Waals surface area contributed by atoms with Gasteiger partial charge in [0, 0.05) is 18.8 Å². The highest BCUT2D eigenvalue weighted by atomic mass is 32.2. The summed E-state index contributed by atoms with van der Waals surface area (Å²) in [6.45, 7) is 3.37. The zero-order valence-corrected chi connectivity index (χ0v) is 16.1.